The Hall–Kier alpha value is -0.880. The van der Waals surface area contributed by atoms with E-state index in [0.29, 0.717) is 19.1 Å². The third-order valence-corrected chi connectivity index (χ3v) is 2.75. The van der Waals surface area contributed by atoms with Gasteiger partial charge in [-0.3, -0.25) is 0 Å². The summed E-state index contributed by atoms with van der Waals surface area (Å²) >= 11 is 3.44. The number of hydrogen-bond acceptors (Lipinski definition) is 5. The van der Waals surface area contributed by atoms with Crippen molar-refractivity contribution >= 4 is 21.7 Å². The number of halogens is 1. The van der Waals surface area contributed by atoms with Gasteiger partial charge in [0.15, 0.2) is 0 Å². The summed E-state index contributed by atoms with van der Waals surface area (Å²) in [4.78, 5) is 8.23. The van der Waals surface area contributed by atoms with Gasteiger partial charge in [0.05, 0.1) is 6.61 Å². The Labute approximate surface area is 110 Å². The van der Waals surface area contributed by atoms with Crippen molar-refractivity contribution in [3.8, 4) is 5.88 Å². The van der Waals surface area contributed by atoms with Crippen LogP contribution in [0.25, 0.3) is 0 Å². The van der Waals surface area contributed by atoms with Crippen LogP contribution in [0.4, 0.5) is 5.82 Å². The average molecular weight is 304 g/mol. The van der Waals surface area contributed by atoms with Gasteiger partial charge in [-0.1, -0.05) is 6.92 Å². The lowest BCUT2D eigenvalue weighted by Crippen LogP contribution is -2.07. The number of methoxy groups -OCH3 is 1. The lowest BCUT2D eigenvalue weighted by molar-refractivity contribution is 0.170. The van der Waals surface area contributed by atoms with Gasteiger partial charge in [0, 0.05) is 26.7 Å². The number of anilines is 1. The van der Waals surface area contributed by atoms with Crippen LogP contribution in [-0.2, 0) is 4.74 Å². The summed E-state index contributed by atoms with van der Waals surface area (Å²) in [5, 5.41) is 3.20. The Morgan fingerprint density at radius 1 is 1.35 bits per heavy atom. The van der Waals surface area contributed by atoms with E-state index in [1.165, 1.54) is 6.33 Å². The molecular weight excluding hydrogens is 286 g/mol. The zero-order chi connectivity index (χ0) is 12.5. The number of rotatable bonds is 8. The fourth-order valence-electron chi connectivity index (χ4n) is 1.19. The molecular formula is C11H18BrN3O2. The molecule has 0 fully saturated rings. The highest BCUT2D eigenvalue weighted by atomic mass is 79.9. The maximum atomic E-state index is 5.54. The summed E-state index contributed by atoms with van der Waals surface area (Å²) in [5.41, 5.74) is 0. The quantitative estimate of drug-likeness (QED) is 0.748. The summed E-state index contributed by atoms with van der Waals surface area (Å²) < 4.78 is 11.3. The zero-order valence-corrected chi connectivity index (χ0v) is 11.8. The Bertz CT molecular complexity index is 336. The minimum Gasteiger partial charge on any atom is -0.477 e. The van der Waals surface area contributed by atoms with Crippen molar-refractivity contribution in [2.75, 3.05) is 32.2 Å². The molecule has 0 saturated heterocycles. The van der Waals surface area contributed by atoms with Crippen LogP contribution in [0.2, 0.25) is 0 Å². The minimum absolute atomic E-state index is 0.565. The molecule has 1 aromatic rings. The van der Waals surface area contributed by atoms with Crippen molar-refractivity contribution < 1.29 is 9.47 Å². The Balaban J connectivity index is 2.53. The second-order valence-corrected chi connectivity index (χ2v) is 4.26. The molecule has 0 saturated carbocycles. The van der Waals surface area contributed by atoms with Crippen molar-refractivity contribution in [3.05, 3.63) is 10.8 Å². The predicted octanol–water partition coefficient (Wildman–Crippen LogP) is 2.48. The molecule has 17 heavy (non-hydrogen) atoms. The van der Waals surface area contributed by atoms with Crippen LogP contribution < -0.4 is 10.1 Å². The van der Waals surface area contributed by atoms with Crippen LogP contribution in [0.15, 0.2) is 10.8 Å². The molecule has 6 heteroatoms. The molecule has 0 aromatic carbocycles. The highest BCUT2D eigenvalue weighted by Gasteiger charge is 2.08. The second-order valence-electron chi connectivity index (χ2n) is 3.46. The highest BCUT2D eigenvalue weighted by Crippen LogP contribution is 2.28. The molecule has 1 N–H and O–H groups in total. The lowest BCUT2D eigenvalue weighted by Gasteiger charge is -2.10. The second kappa shape index (κ2) is 8.25. The van der Waals surface area contributed by atoms with E-state index in [-0.39, 0.29) is 0 Å². The molecule has 0 radical (unpaired) electrons. The van der Waals surface area contributed by atoms with Crippen molar-refractivity contribution in [1.29, 1.82) is 0 Å². The smallest absolute Gasteiger partial charge is 0.233 e. The maximum absolute atomic E-state index is 5.54. The van der Waals surface area contributed by atoms with Crippen LogP contribution in [0.3, 0.4) is 0 Å². The lowest BCUT2D eigenvalue weighted by atomic mass is 10.4. The zero-order valence-electron chi connectivity index (χ0n) is 10.2. The fourth-order valence-corrected chi connectivity index (χ4v) is 1.65. The van der Waals surface area contributed by atoms with E-state index in [1.54, 1.807) is 7.11 Å². The van der Waals surface area contributed by atoms with Crippen LogP contribution in [0, 0.1) is 0 Å². The normalized spacial score (nSPS) is 10.3. The van der Waals surface area contributed by atoms with E-state index in [1.807, 2.05) is 0 Å². The van der Waals surface area contributed by atoms with Crippen molar-refractivity contribution in [2.24, 2.45) is 0 Å². The molecule has 96 valence electrons. The molecule has 0 spiro atoms. The summed E-state index contributed by atoms with van der Waals surface area (Å²) in [6.45, 7) is 4.24. The number of ether oxygens (including phenoxy) is 2. The van der Waals surface area contributed by atoms with Gasteiger partial charge in [0.2, 0.25) is 5.88 Å². The van der Waals surface area contributed by atoms with Crippen molar-refractivity contribution in [3.63, 3.8) is 0 Å². The Kier molecular flexibility index (Phi) is 6.88. The van der Waals surface area contributed by atoms with Gasteiger partial charge in [0.25, 0.3) is 0 Å². The van der Waals surface area contributed by atoms with E-state index in [0.717, 1.165) is 29.7 Å². The predicted molar refractivity (Wildman–Crippen MR) is 70.5 cm³/mol. The van der Waals surface area contributed by atoms with E-state index < -0.39 is 0 Å². The molecule has 0 aliphatic heterocycles. The monoisotopic (exact) mass is 303 g/mol. The average Bonchev–Trinajstić information content (AvgIpc) is 2.35. The summed E-state index contributed by atoms with van der Waals surface area (Å²) in [6.07, 6.45) is 3.37. The van der Waals surface area contributed by atoms with Gasteiger partial charge >= 0.3 is 0 Å². The Morgan fingerprint density at radius 3 is 2.88 bits per heavy atom. The van der Waals surface area contributed by atoms with E-state index in [2.05, 4.69) is 38.1 Å². The molecule has 1 rings (SSSR count). The molecule has 0 amide bonds. The first-order valence-corrected chi connectivity index (χ1v) is 6.45. The van der Waals surface area contributed by atoms with Crippen LogP contribution in [0.1, 0.15) is 19.8 Å². The van der Waals surface area contributed by atoms with Crippen LogP contribution in [0.5, 0.6) is 5.88 Å². The van der Waals surface area contributed by atoms with Gasteiger partial charge in [-0.15, -0.1) is 0 Å². The Morgan fingerprint density at radius 2 is 2.18 bits per heavy atom. The molecule has 0 aliphatic carbocycles. The first-order valence-electron chi connectivity index (χ1n) is 5.65. The largest absolute Gasteiger partial charge is 0.477 e. The maximum Gasteiger partial charge on any atom is 0.233 e. The van der Waals surface area contributed by atoms with Crippen molar-refractivity contribution in [2.45, 2.75) is 19.8 Å². The first kappa shape index (κ1) is 14.2. The molecule has 5 nitrogen and oxygen atoms in total. The topological polar surface area (TPSA) is 56.3 Å². The molecule has 0 aliphatic rings. The fraction of sp³-hybridized carbons (Fsp3) is 0.636. The first-order chi connectivity index (χ1) is 8.29. The highest BCUT2D eigenvalue weighted by molar-refractivity contribution is 9.10. The number of hydrogen-bond donors (Lipinski definition) is 1. The number of aromatic nitrogens is 2. The molecule has 0 unspecified atom stereocenters. The third-order valence-electron chi connectivity index (χ3n) is 2.03. The molecule has 0 atom stereocenters. The van der Waals surface area contributed by atoms with Gasteiger partial charge in [-0.25, -0.2) is 9.97 Å². The van der Waals surface area contributed by atoms with Crippen molar-refractivity contribution in [1.82, 2.24) is 9.97 Å². The number of nitrogens with one attached hydrogen (secondary N) is 1. The third kappa shape index (κ3) is 4.87. The minimum atomic E-state index is 0.565. The summed E-state index contributed by atoms with van der Waals surface area (Å²) in [7, 11) is 1.67. The van der Waals surface area contributed by atoms with E-state index in [9.17, 15) is 0 Å². The van der Waals surface area contributed by atoms with Crippen LogP contribution >= 0.6 is 15.9 Å². The van der Waals surface area contributed by atoms with Gasteiger partial charge in [0.1, 0.15) is 16.6 Å². The van der Waals surface area contributed by atoms with Gasteiger partial charge in [-0.05, 0) is 22.4 Å². The van der Waals surface area contributed by atoms with E-state index in [4.69, 9.17) is 9.47 Å². The summed E-state index contributed by atoms with van der Waals surface area (Å²) in [6, 6.07) is 0. The van der Waals surface area contributed by atoms with E-state index >= 15 is 0 Å². The number of nitrogens with zero attached hydrogens (tertiary/aromatic N) is 2. The van der Waals surface area contributed by atoms with Gasteiger partial charge < -0.3 is 14.8 Å². The van der Waals surface area contributed by atoms with Crippen LogP contribution in [-0.4, -0.2) is 36.8 Å². The SMILES string of the molecule is CCCNc1ncnc(OCCCOC)c1Br. The standard InChI is InChI=1S/C11H18BrN3O2/c1-3-5-13-10-9(12)11(15-8-14-10)17-7-4-6-16-2/h8H,3-7H2,1-2H3,(H,13,14,15). The molecule has 0 bridgehead atoms. The molecule has 1 heterocycles. The summed E-state index contributed by atoms with van der Waals surface area (Å²) in [5.74, 6) is 1.33. The molecule has 1 aromatic heterocycles. The van der Waals surface area contributed by atoms with Gasteiger partial charge in [-0.2, -0.15) is 0 Å².